The Kier molecular flexibility index (Phi) is 2.59. The molecule has 1 aromatic rings. The van der Waals surface area contributed by atoms with Crippen LogP contribution in [0.15, 0.2) is 46.2 Å². The van der Waals surface area contributed by atoms with E-state index in [-0.39, 0.29) is 5.78 Å². The van der Waals surface area contributed by atoms with Crippen molar-refractivity contribution in [3.8, 4) is 0 Å². The van der Waals surface area contributed by atoms with Crippen molar-refractivity contribution in [2.45, 2.75) is 17.7 Å². The van der Waals surface area contributed by atoms with Gasteiger partial charge in [0.25, 0.3) is 0 Å². The highest BCUT2D eigenvalue weighted by Crippen LogP contribution is 2.22. The number of Topliss-reactive ketones (excluding diaryl/α,β-unsaturated/α-hetero) is 1. The third kappa shape index (κ3) is 1.68. The minimum Gasteiger partial charge on any atom is -0.294 e. The maximum Gasteiger partial charge on any atom is 0.172 e. The Bertz CT molecular complexity index is 407. The van der Waals surface area contributed by atoms with Crippen molar-refractivity contribution in [2.75, 3.05) is 0 Å². The van der Waals surface area contributed by atoms with Gasteiger partial charge in [0.05, 0.1) is 15.7 Å². The van der Waals surface area contributed by atoms with E-state index in [4.69, 9.17) is 0 Å². The smallest absolute Gasteiger partial charge is 0.172 e. The van der Waals surface area contributed by atoms with Crippen LogP contribution in [0.2, 0.25) is 0 Å². The Morgan fingerprint density at radius 2 is 1.86 bits per heavy atom. The molecular weight excluding hydrogens is 196 g/mol. The number of carbonyl (C=O) groups excluding carboxylic acids is 1. The summed E-state index contributed by atoms with van der Waals surface area (Å²) in [7, 11) is -1.28. The summed E-state index contributed by atoms with van der Waals surface area (Å²) < 4.78 is 11.9. The second kappa shape index (κ2) is 3.88. The highest BCUT2D eigenvalue weighted by atomic mass is 32.2. The van der Waals surface area contributed by atoms with Crippen molar-refractivity contribution < 1.29 is 9.00 Å². The van der Waals surface area contributed by atoms with Gasteiger partial charge in [0.2, 0.25) is 0 Å². The molecule has 0 amide bonds. The lowest BCUT2D eigenvalue weighted by Gasteiger charge is -2.00. The van der Waals surface area contributed by atoms with Crippen LogP contribution in [0.25, 0.3) is 0 Å². The van der Waals surface area contributed by atoms with Gasteiger partial charge in [-0.15, -0.1) is 0 Å². The zero-order valence-corrected chi connectivity index (χ0v) is 8.42. The Labute approximate surface area is 85.1 Å². The lowest BCUT2D eigenvalue weighted by atomic mass is 10.3. The molecule has 0 saturated carbocycles. The summed E-state index contributed by atoms with van der Waals surface area (Å²) in [5.74, 6) is 0.0205. The molecule has 1 atom stereocenters. The molecule has 0 aliphatic heterocycles. The summed E-state index contributed by atoms with van der Waals surface area (Å²) in [5, 5.41) is 0. The topological polar surface area (TPSA) is 34.1 Å². The van der Waals surface area contributed by atoms with Gasteiger partial charge in [0.1, 0.15) is 0 Å². The molecule has 0 bridgehead atoms. The molecule has 0 heterocycles. The Morgan fingerprint density at radius 3 is 2.43 bits per heavy atom. The van der Waals surface area contributed by atoms with Crippen molar-refractivity contribution in [1.29, 1.82) is 0 Å². The molecule has 0 N–H and O–H groups in total. The van der Waals surface area contributed by atoms with E-state index in [1.165, 1.54) is 0 Å². The van der Waals surface area contributed by atoms with E-state index in [1.807, 2.05) is 18.2 Å². The fourth-order valence-corrected chi connectivity index (χ4v) is 2.66. The van der Waals surface area contributed by atoms with Crippen LogP contribution >= 0.6 is 0 Å². The molecule has 1 aromatic carbocycles. The van der Waals surface area contributed by atoms with Crippen LogP contribution in [-0.4, -0.2) is 9.99 Å². The summed E-state index contributed by atoms with van der Waals surface area (Å²) >= 11 is 0. The van der Waals surface area contributed by atoms with Gasteiger partial charge in [0, 0.05) is 11.3 Å². The van der Waals surface area contributed by atoms with E-state index in [2.05, 4.69) is 0 Å². The average molecular weight is 206 g/mol. The number of allylic oxidation sites excluding steroid dienone is 2. The first-order chi connectivity index (χ1) is 6.79. The Balaban J connectivity index is 2.29. The standard InChI is InChI=1S/C11H10O2S/c12-10-7-4-8-11(10)14(13)9-5-2-1-3-6-9/h1-3,5-6,8H,4,7H2. The SMILES string of the molecule is O=C1CCC=C1S(=O)c1ccccc1. The second-order valence-corrected chi connectivity index (χ2v) is 4.56. The molecule has 0 saturated heterocycles. The minimum atomic E-state index is -1.28. The quantitative estimate of drug-likeness (QED) is 0.742. The molecule has 0 aromatic heterocycles. The third-order valence-corrected chi connectivity index (χ3v) is 3.63. The molecule has 0 radical (unpaired) electrons. The van der Waals surface area contributed by atoms with Gasteiger partial charge in [0.15, 0.2) is 5.78 Å². The fraction of sp³-hybridized carbons (Fsp3) is 0.182. The second-order valence-electron chi connectivity index (χ2n) is 3.11. The summed E-state index contributed by atoms with van der Waals surface area (Å²) in [6.07, 6.45) is 3.02. The molecular formula is C11H10O2S. The van der Waals surface area contributed by atoms with Crippen molar-refractivity contribution in [3.63, 3.8) is 0 Å². The van der Waals surface area contributed by atoms with Crippen LogP contribution in [0.5, 0.6) is 0 Å². The molecule has 1 unspecified atom stereocenters. The van der Waals surface area contributed by atoms with Gasteiger partial charge in [-0.1, -0.05) is 24.3 Å². The van der Waals surface area contributed by atoms with Crippen molar-refractivity contribution >= 4 is 16.6 Å². The first-order valence-electron chi connectivity index (χ1n) is 4.49. The third-order valence-electron chi connectivity index (χ3n) is 2.13. The lowest BCUT2D eigenvalue weighted by molar-refractivity contribution is -0.114. The van der Waals surface area contributed by atoms with Gasteiger partial charge in [-0.25, -0.2) is 4.21 Å². The minimum absolute atomic E-state index is 0.0205. The summed E-state index contributed by atoms with van der Waals surface area (Å²) in [6.45, 7) is 0. The van der Waals surface area contributed by atoms with E-state index < -0.39 is 10.8 Å². The van der Waals surface area contributed by atoms with Crippen LogP contribution in [0.4, 0.5) is 0 Å². The normalized spacial score (nSPS) is 18.0. The Morgan fingerprint density at radius 1 is 1.14 bits per heavy atom. The maximum absolute atomic E-state index is 11.9. The van der Waals surface area contributed by atoms with Crippen LogP contribution in [-0.2, 0) is 15.6 Å². The molecule has 0 spiro atoms. The van der Waals surface area contributed by atoms with E-state index in [0.717, 1.165) is 6.42 Å². The molecule has 2 nitrogen and oxygen atoms in total. The first-order valence-corrected chi connectivity index (χ1v) is 5.64. The lowest BCUT2D eigenvalue weighted by Crippen LogP contribution is -2.03. The maximum atomic E-state index is 11.9. The van der Waals surface area contributed by atoms with Gasteiger partial charge in [-0.2, -0.15) is 0 Å². The summed E-state index contributed by atoms with van der Waals surface area (Å²) in [4.78, 5) is 12.5. The number of ketones is 1. The van der Waals surface area contributed by atoms with E-state index in [0.29, 0.717) is 16.2 Å². The van der Waals surface area contributed by atoms with Crippen LogP contribution in [0.1, 0.15) is 12.8 Å². The summed E-state index contributed by atoms with van der Waals surface area (Å²) in [5.41, 5.74) is 0. The van der Waals surface area contributed by atoms with E-state index >= 15 is 0 Å². The van der Waals surface area contributed by atoms with Crippen molar-refractivity contribution in [3.05, 3.63) is 41.3 Å². The Hall–Kier alpha value is -1.22. The average Bonchev–Trinajstić information content (AvgIpc) is 2.65. The monoisotopic (exact) mass is 206 g/mol. The number of hydrogen-bond donors (Lipinski definition) is 0. The highest BCUT2D eigenvalue weighted by Gasteiger charge is 2.21. The zero-order chi connectivity index (χ0) is 9.97. The van der Waals surface area contributed by atoms with E-state index in [1.54, 1.807) is 18.2 Å². The predicted molar refractivity (Wildman–Crippen MR) is 55.2 cm³/mol. The van der Waals surface area contributed by atoms with Gasteiger partial charge in [-0.3, -0.25) is 4.79 Å². The molecule has 14 heavy (non-hydrogen) atoms. The number of benzene rings is 1. The predicted octanol–water partition coefficient (Wildman–Crippen LogP) is 2.04. The first kappa shape index (κ1) is 9.34. The molecule has 1 aliphatic rings. The molecule has 2 rings (SSSR count). The van der Waals surface area contributed by atoms with E-state index in [9.17, 15) is 9.00 Å². The number of hydrogen-bond acceptors (Lipinski definition) is 2. The van der Waals surface area contributed by atoms with Crippen LogP contribution in [0, 0.1) is 0 Å². The zero-order valence-electron chi connectivity index (χ0n) is 7.60. The highest BCUT2D eigenvalue weighted by molar-refractivity contribution is 7.90. The molecule has 3 heteroatoms. The molecule has 0 fully saturated rings. The van der Waals surface area contributed by atoms with Crippen LogP contribution < -0.4 is 0 Å². The van der Waals surface area contributed by atoms with Crippen LogP contribution in [0.3, 0.4) is 0 Å². The molecule has 1 aliphatic carbocycles. The van der Waals surface area contributed by atoms with Gasteiger partial charge < -0.3 is 0 Å². The molecule has 72 valence electrons. The largest absolute Gasteiger partial charge is 0.294 e. The fourth-order valence-electron chi connectivity index (χ4n) is 1.42. The van der Waals surface area contributed by atoms with Crippen molar-refractivity contribution in [1.82, 2.24) is 0 Å². The van der Waals surface area contributed by atoms with Gasteiger partial charge >= 0.3 is 0 Å². The van der Waals surface area contributed by atoms with Gasteiger partial charge in [-0.05, 0) is 18.6 Å². The van der Waals surface area contributed by atoms with Crippen molar-refractivity contribution in [2.24, 2.45) is 0 Å². The summed E-state index contributed by atoms with van der Waals surface area (Å²) in [6, 6.07) is 9.08. The number of carbonyl (C=O) groups is 1. The number of rotatable bonds is 2.